The number of rotatable bonds is 3. The Bertz CT molecular complexity index is 948. The fourth-order valence-corrected chi connectivity index (χ4v) is 2.49. The van der Waals surface area contributed by atoms with Crippen LogP contribution < -0.4 is 0 Å². The lowest BCUT2D eigenvalue weighted by Gasteiger charge is -2.04. The minimum Gasteiger partial charge on any atom is -0.478 e. The van der Waals surface area contributed by atoms with Crippen LogP contribution in [0.15, 0.2) is 60.7 Å². The Morgan fingerprint density at radius 3 is 2.26 bits per heavy atom. The number of carbonyl (C=O) groups is 1. The summed E-state index contributed by atoms with van der Waals surface area (Å²) in [5.74, 6) is -0.932. The van der Waals surface area contributed by atoms with Crippen molar-refractivity contribution in [2.24, 2.45) is 0 Å². The summed E-state index contributed by atoms with van der Waals surface area (Å²) in [6, 6.07) is 20.4. The van der Waals surface area contributed by atoms with Gasteiger partial charge in [-0.05, 0) is 34.7 Å². The first-order valence-corrected chi connectivity index (χ1v) is 7.12. The van der Waals surface area contributed by atoms with E-state index in [9.17, 15) is 10.1 Å². The minimum absolute atomic E-state index is 0.269. The summed E-state index contributed by atoms with van der Waals surface area (Å²) in [4.78, 5) is 10.9. The highest BCUT2D eigenvalue weighted by Crippen LogP contribution is 2.24. The van der Waals surface area contributed by atoms with E-state index in [1.165, 1.54) is 0 Å². The van der Waals surface area contributed by atoms with Crippen LogP contribution in [-0.4, -0.2) is 11.1 Å². The molecule has 0 radical (unpaired) electrons. The van der Waals surface area contributed by atoms with E-state index in [0.29, 0.717) is 5.56 Å². The van der Waals surface area contributed by atoms with Crippen molar-refractivity contribution >= 4 is 28.9 Å². The summed E-state index contributed by atoms with van der Waals surface area (Å²) >= 11 is 0. The molecule has 0 aromatic heterocycles. The molecule has 0 unspecified atom stereocenters. The molecule has 0 saturated carbocycles. The normalized spacial score (nSPS) is 10.7. The van der Waals surface area contributed by atoms with Gasteiger partial charge in [-0.2, -0.15) is 5.26 Å². The molecule has 0 fully saturated rings. The maximum atomic E-state index is 10.9. The predicted octanol–water partition coefficient (Wildman–Crippen LogP) is 4.58. The summed E-state index contributed by atoms with van der Waals surface area (Å²) in [7, 11) is 0. The van der Waals surface area contributed by atoms with Crippen molar-refractivity contribution in [3.63, 3.8) is 0 Å². The molecule has 3 nitrogen and oxygen atoms in total. The lowest BCUT2D eigenvalue weighted by Crippen LogP contribution is -1.94. The van der Waals surface area contributed by atoms with Gasteiger partial charge in [-0.15, -0.1) is 0 Å². The summed E-state index contributed by atoms with van der Waals surface area (Å²) in [6.45, 7) is 0. The van der Waals surface area contributed by atoms with Crippen LogP contribution in [0.1, 0.15) is 27.0 Å². The number of aromatic carboxylic acids is 1. The van der Waals surface area contributed by atoms with Crippen LogP contribution in [0.5, 0.6) is 0 Å². The zero-order chi connectivity index (χ0) is 16.2. The highest BCUT2D eigenvalue weighted by Gasteiger charge is 2.03. The number of hydrogen-bond donors (Lipinski definition) is 1. The monoisotopic (exact) mass is 299 g/mol. The minimum atomic E-state index is -0.932. The highest BCUT2D eigenvalue weighted by atomic mass is 16.4. The van der Waals surface area contributed by atoms with Crippen molar-refractivity contribution in [2.75, 3.05) is 0 Å². The number of carboxylic acids is 1. The number of nitriles is 1. The van der Waals surface area contributed by atoms with E-state index >= 15 is 0 Å². The molecule has 23 heavy (non-hydrogen) atoms. The van der Waals surface area contributed by atoms with E-state index in [1.54, 1.807) is 24.3 Å². The third-order valence-corrected chi connectivity index (χ3v) is 3.69. The number of benzene rings is 3. The molecular weight excluding hydrogens is 286 g/mol. The Labute approximate surface area is 133 Å². The lowest BCUT2D eigenvalue weighted by molar-refractivity contribution is 0.0697. The second-order valence-electron chi connectivity index (χ2n) is 5.12. The zero-order valence-corrected chi connectivity index (χ0v) is 12.2. The van der Waals surface area contributed by atoms with Gasteiger partial charge in [0.1, 0.15) is 0 Å². The van der Waals surface area contributed by atoms with Crippen LogP contribution in [0.25, 0.3) is 22.9 Å². The standard InChI is InChI=1S/C20H13NO2/c21-13-17-12-11-15(18-3-1-2-4-19(17)18)8-5-14-6-9-16(10-7-14)20(22)23/h1-12H,(H,22,23). The molecule has 0 bridgehead atoms. The third-order valence-electron chi connectivity index (χ3n) is 3.69. The second kappa shape index (κ2) is 6.17. The Morgan fingerprint density at radius 1 is 0.913 bits per heavy atom. The molecule has 1 N–H and O–H groups in total. The third kappa shape index (κ3) is 2.97. The highest BCUT2D eigenvalue weighted by molar-refractivity contribution is 5.96. The summed E-state index contributed by atoms with van der Waals surface area (Å²) in [5.41, 5.74) is 2.86. The topological polar surface area (TPSA) is 61.1 Å². The largest absolute Gasteiger partial charge is 0.478 e. The van der Waals surface area contributed by atoms with Gasteiger partial charge in [0.05, 0.1) is 17.2 Å². The van der Waals surface area contributed by atoms with Gasteiger partial charge in [-0.25, -0.2) is 4.79 Å². The van der Waals surface area contributed by atoms with E-state index < -0.39 is 5.97 Å². The smallest absolute Gasteiger partial charge is 0.335 e. The van der Waals surface area contributed by atoms with E-state index in [2.05, 4.69) is 6.07 Å². The fraction of sp³-hybridized carbons (Fsp3) is 0. The van der Waals surface area contributed by atoms with Crippen molar-refractivity contribution in [1.82, 2.24) is 0 Å². The zero-order valence-electron chi connectivity index (χ0n) is 12.2. The first-order chi connectivity index (χ1) is 11.2. The quantitative estimate of drug-likeness (QED) is 0.720. The summed E-state index contributed by atoms with van der Waals surface area (Å²) < 4.78 is 0. The molecule has 0 aliphatic rings. The van der Waals surface area contributed by atoms with Crippen molar-refractivity contribution in [1.29, 1.82) is 5.26 Å². The van der Waals surface area contributed by atoms with Crippen LogP contribution in [0.3, 0.4) is 0 Å². The molecule has 0 spiro atoms. The Hall–Kier alpha value is -3.38. The van der Waals surface area contributed by atoms with Crippen molar-refractivity contribution in [3.05, 3.63) is 82.9 Å². The molecular formula is C20H13NO2. The summed E-state index contributed by atoms with van der Waals surface area (Å²) in [5, 5.41) is 20.0. The van der Waals surface area contributed by atoms with E-state index in [-0.39, 0.29) is 5.56 Å². The maximum Gasteiger partial charge on any atom is 0.335 e. The summed E-state index contributed by atoms with van der Waals surface area (Å²) in [6.07, 6.45) is 3.90. The van der Waals surface area contributed by atoms with Gasteiger partial charge < -0.3 is 5.11 Å². The molecule has 0 saturated heterocycles. The van der Waals surface area contributed by atoms with Crippen molar-refractivity contribution < 1.29 is 9.90 Å². The molecule has 110 valence electrons. The Kier molecular flexibility index (Phi) is 3.90. The number of nitrogens with zero attached hydrogens (tertiary/aromatic N) is 1. The Balaban J connectivity index is 1.98. The van der Waals surface area contributed by atoms with Gasteiger partial charge in [0.15, 0.2) is 0 Å². The van der Waals surface area contributed by atoms with Gasteiger partial charge in [0, 0.05) is 5.39 Å². The number of fused-ring (bicyclic) bond motifs is 1. The number of carboxylic acid groups (broad SMARTS) is 1. The molecule has 3 rings (SSSR count). The number of hydrogen-bond acceptors (Lipinski definition) is 2. The van der Waals surface area contributed by atoms with Crippen LogP contribution in [0.4, 0.5) is 0 Å². The van der Waals surface area contributed by atoms with Gasteiger partial charge in [-0.3, -0.25) is 0 Å². The van der Waals surface area contributed by atoms with E-state index in [4.69, 9.17) is 5.11 Å². The molecule has 0 heterocycles. The van der Waals surface area contributed by atoms with Crippen molar-refractivity contribution in [3.8, 4) is 6.07 Å². The maximum absolute atomic E-state index is 10.9. The van der Waals surface area contributed by atoms with Crippen molar-refractivity contribution in [2.45, 2.75) is 0 Å². The lowest BCUT2D eigenvalue weighted by atomic mass is 9.99. The van der Waals surface area contributed by atoms with Gasteiger partial charge in [-0.1, -0.05) is 54.6 Å². The second-order valence-corrected chi connectivity index (χ2v) is 5.12. The van der Waals surface area contributed by atoms with Gasteiger partial charge in [0.2, 0.25) is 0 Å². The molecule has 3 heteroatoms. The van der Waals surface area contributed by atoms with E-state index in [1.807, 2.05) is 48.6 Å². The van der Waals surface area contributed by atoms with Gasteiger partial charge >= 0.3 is 5.97 Å². The molecule has 0 aliphatic heterocycles. The van der Waals surface area contributed by atoms with Crippen LogP contribution in [-0.2, 0) is 0 Å². The Morgan fingerprint density at radius 2 is 1.61 bits per heavy atom. The van der Waals surface area contributed by atoms with E-state index in [0.717, 1.165) is 21.9 Å². The molecule has 3 aromatic rings. The average molecular weight is 299 g/mol. The molecule has 3 aromatic carbocycles. The average Bonchev–Trinajstić information content (AvgIpc) is 2.60. The molecule has 0 aliphatic carbocycles. The van der Waals surface area contributed by atoms with Gasteiger partial charge in [0.25, 0.3) is 0 Å². The fourth-order valence-electron chi connectivity index (χ4n) is 2.49. The first kappa shape index (κ1) is 14.6. The van der Waals surface area contributed by atoms with Crippen LogP contribution in [0.2, 0.25) is 0 Å². The SMILES string of the molecule is N#Cc1ccc(C=Cc2ccc(C(=O)O)cc2)c2ccccc12. The first-order valence-electron chi connectivity index (χ1n) is 7.12. The molecule has 0 amide bonds. The predicted molar refractivity (Wildman–Crippen MR) is 91.0 cm³/mol. The van der Waals surface area contributed by atoms with Crippen LogP contribution in [0, 0.1) is 11.3 Å². The molecule has 0 atom stereocenters. The van der Waals surface area contributed by atoms with Crippen LogP contribution >= 0.6 is 0 Å².